The molecule has 1 N–H and O–H groups in total. The zero-order valence-electron chi connectivity index (χ0n) is 12.1. The molecule has 0 spiro atoms. The number of aliphatic hydroxyl groups excluding tert-OH is 1. The molecule has 0 radical (unpaired) electrons. The number of rotatable bonds is 6. The van der Waals surface area contributed by atoms with Gasteiger partial charge in [-0.15, -0.1) is 0 Å². The zero-order chi connectivity index (χ0) is 13.8. The van der Waals surface area contributed by atoms with Crippen molar-refractivity contribution in [3.8, 4) is 5.75 Å². The van der Waals surface area contributed by atoms with Crippen LogP contribution >= 0.6 is 0 Å². The molecule has 102 valence electrons. The first kappa shape index (κ1) is 15.0. The molecule has 0 aliphatic heterocycles. The molecule has 1 aromatic rings. The second-order valence-electron chi connectivity index (χ2n) is 5.68. The van der Waals surface area contributed by atoms with Crippen LogP contribution in [0.15, 0.2) is 24.3 Å². The summed E-state index contributed by atoms with van der Waals surface area (Å²) in [7, 11) is 3.75. The molecule has 0 heterocycles. The van der Waals surface area contributed by atoms with Crippen LogP contribution in [0.25, 0.3) is 0 Å². The monoisotopic (exact) mass is 251 g/mol. The molecular formula is C15H25NO2. The van der Waals surface area contributed by atoms with Gasteiger partial charge in [-0.2, -0.15) is 0 Å². The average Bonchev–Trinajstić information content (AvgIpc) is 2.29. The van der Waals surface area contributed by atoms with E-state index < -0.39 is 0 Å². The largest absolute Gasteiger partial charge is 0.497 e. The standard InChI is InChI=1S/C15H25NO2/c1-12(17)15(2,3)11-16(4)10-13-6-8-14(18-5)9-7-13/h6-9,12,17H,10-11H2,1-5H3. The minimum atomic E-state index is -0.309. The molecule has 0 saturated heterocycles. The van der Waals surface area contributed by atoms with Gasteiger partial charge >= 0.3 is 0 Å². The summed E-state index contributed by atoms with van der Waals surface area (Å²) >= 11 is 0. The first-order valence-electron chi connectivity index (χ1n) is 6.34. The van der Waals surface area contributed by atoms with Gasteiger partial charge in [-0.25, -0.2) is 0 Å². The van der Waals surface area contributed by atoms with Gasteiger partial charge in [-0.05, 0) is 31.7 Å². The first-order chi connectivity index (χ1) is 8.35. The quantitative estimate of drug-likeness (QED) is 0.843. The van der Waals surface area contributed by atoms with Crippen molar-refractivity contribution in [3.05, 3.63) is 29.8 Å². The number of aliphatic hydroxyl groups is 1. The average molecular weight is 251 g/mol. The summed E-state index contributed by atoms with van der Waals surface area (Å²) in [4.78, 5) is 2.23. The van der Waals surface area contributed by atoms with Gasteiger partial charge in [0.2, 0.25) is 0 Å². The number of ether oxygens (including phenoxy) is 1. The van der Waals surface area contributed by atoms with Crippen LogP contribution in [0.3, 0.4) is 0 Å². The highest BCUT2D eigenvalue weighted by Gasteiger charge is 2.25. The Morgan fingerprint density at radius 3 is 2.28 bits per heavy atom. The smallest absolute Gasteiger partial charge is 0.118 e. The first-order valence-corrected chi connectivity index (χ1v) is 6.34. The molecule has 0 amide bonds. The highest BCUT2D eigenvalue weighted by atomic mass is 16.5. The molecular weight excluding hydrogens is 226 g/mol. The Labute approximate surface area is 110 Å². The number of hydrogen-bond acceptors (Lipinski definition) is 3. The highest BCUT2D eigenvalue weighted by molar-refractivity contribution is 5.27. The van der Waals surface area contributed by atoms with Gasteiger partial charge in [0.05, 0.1) is 13.2 Å². The number of nitrogens with zero attached hydrogens (tertiary/aromatic N) is 1. The lowest BCUT2D eigenvalue weighted by atomic mass is 9.87. The maximum absolute atomic E-state index is 9.72. The van der Waals surface area contributed by atoms with Gasteiger partial charge in [0.1, 0.15) is 5.75 Å². The minimum Gasteiger partial charge on any atom is -0.497 e. The van der Waals surface area contributed by atoms with Gasteiger partial charge < -0.3 is 14.7 Å². The van der Waals surface area contributed by atoms with Crippen LogP contribution in [0.5, 0.6) is 5.75 Å². The molecule has 1 rings (SSSR count). The fourth-order valence-corrected chi connectivity index (χ4v) is 1.93. The van der Waals surface area contributed by atoms with Crippen molar-refractivity contribution in [2.75, 3.05) is 20.7 Å². The van der Waals surface area contributed by atoms with Crippen LogP contribution in [0.1, 0.15) is 26.3 Å². The lowest BCUT2D eigenvalue weighted by molar-refractivity contribution is 0.0392. The summed E-state index contributed by atoms with van der Waals surface area (Å²) < 4.78 is 5.14. The Morgan fingerprint density at radius 2 is 1.83 bits per heavy atom. The molecule has 18 heavy (non-hydrogen) atoms. The van der Waals surface area contributed by atoms with Crippen LogP contribution < -0.4 is 4.74 Å². The summed E-state index contributed by atoms with van der Waals surface area (Å²) in [6.07, 6.45) is -0.309. The van der Waals surface area contributed by atoms with Crippen molar-refractivity contribution >= 4 is 0 Å². The number of hydrogen-bond donors (Lipinski definition) is 1. The third-order valence-corrected chi connectivity index (χ3v) is 3.42. The van der Waals surface area contributed by atoms with Crippen molar-refractivity contribution in [1.29, 1.82) is 0 Å². The van der Waals surface area contributed by atoms with E-state index in [4.69, 9.17) is 4.74 Å². The van der Waals surface area contributed by atoms with E-state index in [1.165, 1.54) is 5.56 Å². The van der Waals surface area contributed by atoms with Gasteiger partial charge in [-0.1, -0.05) is 26.0 Å². The topological polar surface area (TPSA) is 32.7 Å². The van der Waals surface area contributed by atoms with E-state index in [1.54, 1.807) is 7.11 Å². The van der Waals surface area contributed by atoms with E-state index >= 15 is 0 Å². The van der Waals surface area contributed by atoms with Gasteiger partial charge in [0.15, 0.2) is 0 Å². The van der Waals surface area contributed by atoms with Crippen molar-refractivity contribution in [3.63, 3.8) is 0 Å². The van der Waals surface area contributed by atoms with E-state index in [1.807, 2.05) is 19.1 Å². The summed E-state index contributed by atoms with van der Waals surface area (Å²) in [5.41, 5.74) is 1.15. The van der Waals surface area contributed by atoms with E-state index in [0.717, 1.165) is 18.8 Å². The van der Waals surface area contributed by atoms with Crippen molar-refractivity contribution in [1.82, 2.24) is 4.90 Å². The zero-order valence-corrected chi connectivity index (χ0v) is 12.1. The predicted molar refractivity (Wildman–Crippen MR) is 74.8 cm³/mol. The van der Waals surface area contributed by atoms with Crippen molar-refractivity contribution in [2.45, 2.75) is 33.4 Å². The molecule has 0 aromatic heterocycles. The summed E-state index contributed by atoms with van der Waals surface area (Å²) in [6, 6.07) is 8.10. The van der Waals surface area contributed by atoms with Crippen LogP contribution in [0.4, 0.5) is 0 Å². The Hall–Kier alpha value is -1.06. The number of benzene rings is 1. The molecule has 3 heteroatoms. The summed E-state index contributed by atoms with van der Waals surface area (Å²) in [5, 5.41) is 9.72. The highest BCUT2D eigenvalue weighted by Crippen LogP contribution is 2.22. The fourth-order valence-electron chi connectivity index (χ4n) is 1.93. The van der Waals surface area contributed by atoms with E-state index in [2.05, 4.69) is 37.9 Å². The normalized spacial score (nSPS) is 13.7. The van der Waals surface area contributed by atoms with E-state index in [-0.39, 0.29) is 11.5 Å². The Morgan fingerprint density at radius 1 is 1.28 bits per heavy atom. The second kappa shape index (κ2) is 6.21. The van der Waals surface area contributed by atoms with Crippen molar-refractivity contribution < 1.29 is 9.84 Å². The lowest BCUT2D eigenvalue weighted by Gasteiger charge is -2.32. The summed E-state index contributed by atoms with van der Waals surface area (Å²) in [5.74, 6) is 0.880. The molecule has 0 saturated carbocycles. The molecule has 0 fully saturated rings. The Balaban J connectivity index is 2.56. The van der Waals surface area contributed by atoms with E-state index in [0.29, 0.717) is 0 Å². The lowest BCUT2D eigenvalue weighted by Crippen LogP contribution is -2.38. The molecule has 1 atom stereocenters. The SMILES string of the molecule is COc1ccc(CN(C)CC(C)(C)C(C)O)cc1. The van der Waals surface area contributed by atoms with Crippen LogP contribution in [-0.4, -0.2) is 36.8 Å². The molecule has 3 nitrogen and oxygen atoms in total. The molecule has 0 bridgehead atoms. The third-order valence-electron chi connectivity index (χ3n) is 3.42. The van der Waals surface area contributed by atoms with Crippen molar-refractivity contribution in [2.24, 2.45) is 5.41 Å². The van der Waals surface area contributed by atoms with E-state index in [9.17, 15) is 5.11 Å². The van der Waals surface area contributed by atoms with Gasteiger partial charge in [0, 0.05) is 18.5 Å². The Kier molecular flexibility index (Phi) is 5.17. The van der Waals surface area contributed by atoms with Crippen LogP contribution in [0.2, 0.25) is 0 Å². The maximum atomic E-state index is 9.72. The van der Waals surface area contributed by atoms with Gasteiger partial charge in [-0.3, -0.25) is 0 Å². The second-order valence-corrected chi connectivity index (χ2v) is 5.68. The van der Waals surface area contributed by atoms with Crippen LogP contribution in [-0.2, 0) is 6.54 Å². The predicted octanol–water partition coefficient (Wildman–Crippen LogP) is 2.53. The van der Waals surface area contributed by atoms with Gasteiger partial charge in [0.25, 0.3) is 0 Å². The minimum absolute atomic E-state index is 0.0960. The number of methoxy groups -OCH3 is 1. The maximum Gasteiger partial charge on any atom is 0.118 e. The van der Waals surface area contributed by atoms with Crippen LogP contribution in [0, 0.1) is 5.41 Å². The molecule has 0 aliphatic carbocycles. The molecule has 1 unspecified atom stereocenters. The Bertz CT molecular complexity index is 357. The molecule has 0 aliphatic rings. The molecule has 1 aromatic carbocycles. The summed E-state index contributed by atoms with van der Waals surface area (Å²) in [6.45, 7) is 7.75. The third kappa shape index (κ3) is 4.31. The fraction of sp³-hybridized carbons (Fsp3) is 0.600.